The number of carbonyl (C=O) groups is 1. The first-order valence-electron chi connectivity index (χ1n) is 7.23. The Kier molecular flexibility index (Phi) is 3.00. The van der Waals surface area contributed by atoms with Gasteiger partial charge in [0.05, 0.1) is 12.2 Å². The summed E-state index contributed by atoms with van der Waals surface area (Å²) in [6, 6.07) is 11.7. The smallest absolute Gasteiger partial charge is 0.272 e. The second-order valence-electron chi connectivity index (χ2n) is 5.34. The molecule has 0 unspecified atom stereocenters. The molecule has 3 aromatic rings. The molecule has 4 rings (SSSR count). The second-order valence-corrected chi connectivity index (χ2v) is 5.34. The maximum absolute atomic E-state index is 12.5. The van der Waals surface area contributed by atoms with Crippen molar-refractivity contribution in [3.05, 3.63) is 59.5 Å². The Labute approximate surface area is 127 Å². The Morgan fingerprint density at radius 3 is 2.77 bits per heavy atom. The van der Waals surface area contributed by atoms with Crippen LogP contribution in [0.2, 0.25) is 0 Å². The standard InChI is InChI=1S/C16H15N5O/c22-16(14-6-8-17-18-14)21-9-7-13-12(10-21)15(20-19-13)11-4-2-1-3-5-11/h1-6,8H,7,9-10H2,(H,17,18)(H,19,20). The summed E-state index contributed by atoms with van der Waals surface area (Å²) < 4.78 is 0. The largest absolute Gasteiger partial charge is 0.332 e. The Balaban J connectivity index is 1.66. The number of fused-ring (bicyclic) bond motifs is 1. The van der Waals surface area contributed by atoms with Gasteiger partial charge < -0.3 is 4.90 Å². The molecule has 22 heavy (non-hydrogen) atoms. The van der Waals surface area contributed by atoms with Crippen molar-refractivity contribution in [2.24, 2.45) is 0 Å². The number of H-pyrrole nitrogens is 2. The maximum Gasteiger partial charge on any atom is 0.272 e. The number of hydrogen-bond donors (Lipinski definition) is 2. The Morgan fingerprint density at radius 1 is 1.14 bits per heavy atom. The van der Waals surface area contributed by atoms with Crippen LogP contribution in [-0.2, 0) is 13.0 Å². The minimum absolute atomic E-state index is 0.0247. The van der Waals surface area contributed by atoms with Crippen LogP contribution in [0.3, 0.4) is 0 Å². The van der Waals surface area contributed by atoms with Gasteiger partial charge in [-0.1, -0.05) is 30.3 Å². The number of benzene rings is 1. The molecule has 3 heterocycles. The first kappa shape index (κ1) is 12.8. The van der Waals surface area contributed by atoms with Gasteiger partial charge in [0.2, 0.25) is 0 Å². The van der Waals surface area contributed by atoms with Crippen molar-refractivity contribution < 1.29 is 4.79 Å². The van der Waals surface area contributed by atoms with Crippen LogP contribution in [0.5, 0.6) is 0 Å². The molecule has 6 nitrogen and oxygen atoms in total. The van der Waals surface area contributed by atoms with Crippen molar-refractivity contribution in [3.63, 3.8) is 0 Å². The van der Waals surface area contributed by atoms with Gasteiger partial charge in [0.15, 0.2) is 0 Å². The van der Waals surface area contributed by atoms with Gasteiger partial charge in [-0.25, -0.2) is 0 Å². The summed E-state index contributed by atoms with van der Waals surface area (Å²) in [5.41, 5.74) is 4.74. The zero-order chi connectivity index (χ0) is 14.9. The van der Waals surface area contributed by atoms with E-state index in [2.05, 4.69) is 20.4 Å². The van der Waals surface area contributed by atoms with E-state index in [0.29, 0.717) is 18.8 Å². The number of nitrogens with zero attached hydrogens (tertiary/aromatic N) is 3. The van der Waals surface area contributed by atoms with E-state index >= 15 is 0 Å². The zero-order valence-electron chi connectivity index (χ0n) is 11.9. The van der Waals surface area contributed by atoms with Crippen molar-refractivity contribution >= 4 is 5.91 Å². The van der Waals surface area contributed by atoms with Gasteiger partial charge in [-0.3, -0.25) is 15.0 Å². The van der Waals surface area contributed by atoms with Gasteiger partial charge in [-0.05, 0) is 6.07 Å². The van der Waals surface area contributed by atoms with Gasteiger partial charge in [0.1, 0.15) is 5.69 Å². The summed E-state index contributed by atoms with van der Waals surface area (Å²) in [4.78, 5) is 14.3. The predicted molar refractivity (Wildman–Crippen MR) is 81.1 cm³/mol. The molecular weight excluding hydrogens is 278 g/mol. The zero-order valence-corrected chi connectivity index (χ0v) is 11.9. The average Bonchev–Trinajstić information content (AvgIpc) is 3.24. The third-order valence-electron chi connectivity index (χ3n) is 4.00. The quantitative estimate of drug-likeness (QED) is 0.758. The summed E-state index contributed by atoms with van der Waals surface area (Å²) in [6.07, 6.45) is 2.38. The van der Waals surface area contributed by atoms with E-state index in [1.165, 1.54) is 0 Å². The molecule has 0 saturated heterocycles. The maximum atomic E-state index is 12.5. The fourth-order valence-corrected chi connectivity index (χ4v) is 2.85. The molecule has 1 aromatic carbocycles. The van der Waals surface area contributed by atoms with E-state index in [1.54, 1.807) is 12.3 Å². The number of aromatic amines is 2. The Morgan fingerprint density at radius 2 is 2.00 bits per heavy atom. The third kappa shape index (κ3) is 2.09. The number of carbonyl (C=O) groups excluding carboxylic acids is 1. The highest BCUT2D eigenvalue weighted by Gasteiger charge is 2.26. The molecule has 1 aliphatic heterocycles. The third-order valence-corrected chi connectivity index (χ3v) is 4.00. The van der Waals surface area contributed by atoms with Crippen LogP contribution >= 0.6 is 0 Å². The second kappa shape index (κ2) is 5.14. The van der Waals surface area contributed by atoms with Crippen molar-refractivity contribution in [3.8, 4) is 11.3 Å². The highest BCUT2D eigenvalue weighted by atomic mass is 16.2. The molecule has 2 N–H and O–H groups in total. The molecule has 2 aromatic heterocycles. The summed E-state index contributed by atoms with van der Waals surface area (Å²) in [5.74, 6) is -0.0247. The van der Waals surface area contributed by atoms with E-state index in [-0.39, 0.29) is 5.91 Å². The van der Waals surface area contributed by atoms with E-state index in [9.17, 15) is 4.79 Å². The highest BCUT2D eigenvalue weighted by Crippen LogP contribution is 2.28. The predicted octanol–water partition coefficient (Wildman–Crippen LogP) is 2.00. The van der Waals surface area contributed by atoms with E-state index in [4.69, 9.17) is 0 Å². The van der Waals surface area contributed by atoms with Crippen LogP contribution in [0, 0.1) is 0 Å². The van der Waals surface area contributed by atoms with Crippen LogP contribution < -0.4 is 0 Å². The van der Waals surface area contributed by atoms with Crippen molar-refractivity contribution in [2.45, 2.75) is 13.0 Å². The average molecular weight is 293 g/mol. The molecule has 1 amide bonds. The first-order valence-corrected chi connectivity index (χ1v) is 7.23. The molecule has 1 aliphatic rings. The van der Waals surface area contributed by atoms with E-state index in [1.807, 2.05) is 35.2 Å². The Hall–Kier alpha value is -2.89. The number of hydrogen-bond acceptors (Lipinski definition) is 3. The lowest BCUT2D eigenvalue weighted by Gasteiger charge is -2.26. The normalized spacial score (nSPS) is 13.9. The number of aromatic nitrogens is 4. The van der Waals surface area contributed by atoms with Gasteiger partial charge in [-0.2, -0.15) is 10.2 Å². The lowest BCUT2D eigenvalue weighted by molar-refractivity contribution is 0.0728. The van der Waals surface area contributed by atoms with Crippen molar-refractivity contribution in [1.29, 1.82) is 0 Å². The van der Waals surface area contributed by atoms with Crippen LogP contribution in [0.15, 0.2) is 42.6 Å². The van der Waals surface area contributed by atoms with Gasteiger partial charge >= 0.3 is 0 Å². The van der Waals surface area contributed by atoms with Crippen LogP contribution in [0.4, 0.5) is 0 Å². The molecule has 0 aliphatic carbocycles. The number of rotatable bonds is 2. The summed E-state index contributed by atoms with van der Waals surface area (Å²) >= 11 is 0. The van der Waals surface area contributed by atoms with Crippen LogP contribution in [-0.4, -0.2) is 37.7 Å². The summed E-state index contributed by atoms with van der Waals surface area (Å²) in [5, 5.41) is 14.1. The molecule has 0 bridgehead atoms. The van der Waals surface area contributed by atoms with Crippen molar-refractivity contribution in [1.82, 2.24) is 25.3 Å². The monoisotopic (exact) mass is 293 g/mol. The number of nitrogens with one attached hydrogen (secondary N) is 2. The molecule has 0 spiro atoms. The molecule has 6 heteroatoms. The van der Waals surface area contributed by atoms with Crippen molar-refractivity contribution in [2.75, 3.05) is 6.54 Å². The van der Waals surface area contributed by atoms with Crippen LogP contribution in [0.1, 0.15) is 21.7 Å². The van der Waals surface area contributed by atoms with E-state index < -0.39 is 0 Å². The summed E-state index contributed by atoms with van der Waals surface area (Å²) in [6.45, 7) is 1.25. The SMILES string of the molecule is O=C(c1ccn[nH]1)N1CCc2[nH]nc(-c3ccccc3)c2C1. The Bertz CT molecular complexity index is 791. The summed E-state index contributed by atoms with van der Waals surface area (Å²) in [7, 11) is 0. The molecule has 0 radical (unpaired) electrons. The topological polar surface area (TPSA) is 77.7 Å². The first-order chi connectivity index (χ1) is 10.8. The highest BCUT2D eigenvalue weighted by molar-refractivity contribution is 5.92. The minimum Gasteiger partial charge on any atom is -0.332 e. The van der Waals surface area contributed by atoms with Gasteiger partial charge in [-0.15, -0.1) is 0 Å². The number of amides is 1. The lowest BCUT2D eigenvalue weighted by atomic mass is 10.0. The minimum atomic E-state index is -0.0247. The molecule has 0 fully saturated rings. The lowest BCUT2D eigenvalue weighted by Crippen LogP contribution is -2.36. The fourth-order valence-electron chi connectivity index (χ4n) is 2.85. The molecular formula is C16H15N5O. The molecule has 0 saturated carbocycles. The molecule has 110 valence electrons. The fraction of sp³-hybridized carbons (Fsp3) is 0.188. The van der Waals surface area contributed by atoms with Gasteiger partial charge in [0.25, 0.3) is 5.91 Å². The molecule has 0 atom stereocenters. The van der Waals surface area contributed by atoms with Gasteiger partial charge in [0, 0.05) is 36.0 Å². The van der Waals surface area contributed by atoms with E-state index in [0.717, 1.165) is 28.9 Å². The van der Waals surface area contributed by atoms with Crippen LogP contribution in [0.25, 0.3) is 11.3 Å².